The SMILES string of the molecule is O=C(NCc1ccc(Cl)cc1Cl)c1cc(Cl)cc(Cl)c1. The van der Waals surface area contributed by atoms with Crippen LogP contribution < -0.4 is 5.32 Å². The summed E-state index contributed by atoms with van der Waals surface area (Å²) in [5, 5.41) is 4.61. The van der Waals surface area contributed by atoms with E-state index in [1.54, 1.807) is 36.4 Å². The van der Waals surface area contributed by atoms with Crippen molar-refractivity contribution in [2.75, 3.05) is 0 Å². The molecule has 20 heavy (non-hydrogen) atoms. The Hall–Kier alpha value is -0.930. The monoisotopic (exact) mass is 347 g/mol. The van der Waals surface area contributed by atoms with Gasteiger partial charge in [-0.3, -0.25) is 4.79 Å². The number of hydrogen-bond acceptors (Lipinski definition) is 1. The highest BCUT2D eigenvalue weighted by Gasteiger charge is 2.09. The second-order valence-corrected chi connectivity index (χ2v) is 5.79. The van der Waals surface area contributed by atoms with Crippen LogP contribution in [0.2, 0.25) is 20.1 Å². The first-order valence-electron chi connectivity index (χ1n) is 5.64. The van der Waals surface area contributed by atoms with E-state index in [0.29, 0.717) is 32.2 Å². The molecule has 0 aliphatic heterocycles. The number of nitrogens with one attached hydrogen (secondary N) is 1. The minimum absolute atomic E-state index is 0.277. The highest BCUT2D eigenvalue weighted by atomic mass is 35.5. The predicted octanol–water partition coefficient (Wildman–Crippen LogP) is 5.23. The lowest BCUT2D eigenvalue weighted by molar-refractivity contribution is 0.0951. The van der Waals surface area contributed by atoms with Crippen LogP contribution in [0.5, 0.6) is 0 Å². The Bertz CT molecular complexity index is 637. The van der Waals surface area contributed by atoms with Crippen LogP contribution in [0.15, 0.2) is 36.4 Å². The molecule has 0 aromatic heterocycles. The molecule has 1 amide bonds. The molecular formula is C14H9Cl4NO. The summed E-state index contributed by atoms with van der Waals surface area (Å²) in [4.78, 5) is 12.0. The van der Waals surface area contributed by atoms with E-state index < -0.39 is 0 Å². The maximum Gasteiger partial charge on any atom is 0.251 e. The van der Waals surface area contributed by atoms with Gasteiger partial charge in [-0.2, -0.15) is 0 Å². The first-order valence-corrected chi connectivity index (χ1v) is 7.15. The molecule has 0 fully saturated rings. The molecule has 0 saturated heterocycles. The molecule has 104 valence electrons. The minimum Gasteiger partial charge on any atom is -0.348 e. The average Bonchev–Trinajstić information content (AvgIpc) is 2.36. The van der Waals surface area contributed by atoms with Crippen molar-refractivity contribution >= 4 is 52.3 Å². The number of carbonyl (C=O) groups is 1. The van der Waals surface area contributed by atoms with E-state index >= 15 is 0 Å². The second kappa shape index (κ2) is 6.68. The molecule has 2 aromatic rings. The van der Waals surface area contributed by atoms with E-state index in [9.17, 15) is 4.79 Å². The summed E-state index contributed by atoms with van der Waals surface area (Å²) in [7, 11) is 0. The van der Waals surface area contributed by atoms with Gasteiger partial charge in [-0.1, -0.05) is 52.5 Å². The largest absolute Gasteiger partial charge is 0.348 e. The predicted molar refractivity (Wildman–Crippen MR) is 84.1 cm³/mol. The van der Waals surface area contributed by atoms with Crippen LogP contribution in [0, 0.1) is 0 Å². The van der Waals surface area contributed by atoms with E-state index in [-0.39, 0.29) is 5.91 Å². The van der Waals surface area contributed by atoms with Crippen molar-refractivity contribution in [3.63, 3.8) is 0 Å². The molecule has 1 N–H and O–H groups in total. The molecule has 0 unspecified atom stereocenters. The Balaban J connectivity index is 2.08. The van der Waals surface area contributed by atoms with Gasteiger partial charge in [-0.25, -0.2) is 0 Å². The number of halogens is 4. The van der Waals surface area contributed by atoms with Crippen LogP contribution in [-0.4, -0.2) is 5.91 Å². The molecule has 0 saturated carbocycles. The third-order valence-electron chi connectivity index (χ3n) is 2.58. The number of amides is 1. The van der Waals surface area contributed by atoms with E-state index in [4.69, 9.17) is 46.4 Å². The van der Waals surface area contributed by atoms with Gasteiger partial charge in [0.2, 0.25) is 0 Å². The Morgan fingerprint density at radius 1 is 0.900 bits per heavy atom. The summed E-state index contributed by atoms with van der Waals surface area (Å²) in [6.45, 7) is 0.291. The highest BCUT2D eigenvalue weighted by Crippen LogP contribution is 2.22. The van der Waals surface area contributed by atoms with Crippen molar-refractivity contribution in [2.45, 2.75) is 6.54 Å². The summed E-state index contributed by atoms with van der Waals surface area (Å²) in [5.74, 6) is -0.277. The summed E-state index contributed by atoms with van der Waals surface area (Å²) < 4.78 is 0. The van der Waals surface area contributed by atoms with Crippen molar-refractivity contribution in [2.24, 2.45) is 0 Å². The molecule has 0 bridgehead atoms. The summed E-state index contributed by atoms with van der Waals surface area (Å²) in [6.07, 6.45) is 0. The first-order chi connectivity index (χ1) is 9.45. The molecular weight excluding hydrogens is 340 g/mol. The number of carbonyl (C=O) groups excluding carboxylic acids is 1. The lowest BCUT2D eigenvalue weighted by Crippen LogP contribution is -2.22. The lowest BCUT2D eigenvalue weighted by atomic mass is 10.2. The Morgan fingerprint density at radius 2 is 1.55 bits per heavy atom. The van der Waals surface area contributed by atoms with Crippen molar-refractivity contribution in [3.05, 3.63) is 67.6 Å². The molecule has 0 spiro atoms. The highest BCUT2D eigenvalue weighted by molar-refractivity contribution is 6.35. The number of rotatable bonds is 3. The fourth-order valence-electron chi connectivity index (χ4n) is 1.63. The van der Waals surface area contributed by atoms with E-state index in [1.165, 1.54) is 0 Å². The molecule has 0 atom stereocenters. The van der Waals surface area contributed by atoms with E-state index in [0.717, 1.165) is 5.56 Å². The standard InChI is InChI=1S/C14H9Cl4NO/c15-10-2-1-8(13(18)6-10)7-19-14(20)9-3-11(16)5-12(17)4-9/h1-6H,7H2,(H,19,20). The molecule has 2 aromatic carbocycles. The molecule has 0 heterocycles. The molecule has 6 heteroatoms. The maximum atomic E-state index is 12.0. The summed E-state index contributed by atoms with van der Waals surface area (Å²) in [6, 6.07) is 9.76. The number of benzene rings is 2. The third kappa shape index (κ3) is 4.03. The summed E-state index contributed by atoms with van der Waals surface area (Å²) >= 11 is 23.5. The van der Waals surface area contributed by atoms with Crippen molar-refractivity contribution in [3.8, 4) is 0 Å². The van der Waals surface area contributed by atoms with Crippen molar-refractivity contribution in [1.82, 2.24) is 5.32 Å². The topological polar surface area (TPSA) is 29.1 Å². The van der Waals surface area contributed by atoms with E-state index in [1.807, 2.05) is 0 Å². The van der Waals surface area contributed by atoms with Crippen molar-refractivity contribution < 1.29 is 4.79 Å². The Labute approximate surface area is 136 Å². The van der Waals surface area contributed by atoms with Crippen LogP contribution in [0.3, 0.4) is 0 Å². The quantitative estimate of drug-likeness (QED) is 0.808. The van der Waals surface area contributed by atoms with Gasteiger partial charge < -0.3 is 5.32 Å². The van der Waals surface area contributed by atoms with Gasteiger partial charge in [-0.05, 0) is 35.9 Å². The first kappa shape index (κ1) is 15.5. The van der Waals surface area contributed by atoms with Crippen LogP contribution in [-0.2, 0) is 6.54 Å². The van der Waals surface area contributed by atoms with E-state index in [2.05, 4.69) is 5.32 Å². The molecule has 2 rings (SSSR count). The minimum atomic E-state index is -0.277. The molecule has 2 nitrogen and oxygen atoms in total. The smallest absolute Gasteiger partial charge is 0.251 e. The fourth-order valence-corrected chi connectivity index (χ4v) is 2.63. The normalized spacial score (nSPS) is 10.4. The maximum absolute atomic E-state index is 12.0. The van der Waals surface area contributed by atoms with Gasteiger partial charge in [0.25, 0.3) is 5.91 Å². The van der Waals surface area contributed by atoms with Gasteiger partial charge in [0.1, 0.15) is 0 Å². The van der Waals surface area contributed by atoms with Gasteiger partial charge in [0.05, 0.1) is 0 Å². The third-order valence-corrected chi connectivity index (χ3v) is 3.60. The zero-order chi connectivity index (χ0) is 14.7. The summed E-state index contributed by atoms with van der Waals surface area (Å²) in [5.41, 5.74) is 1.17. The Morgan fingerprint density at radius 3 is 2.15 bits per heavy atom. The molecule has 0 aliphatic rings. The second-order valence-electron chi connectivity index (χ2n) is 4.08. The van der Waals surface area contributed by atoms with Crippen LogP contribution >= 0.6 is 46.4 Å². The lowest BCUT2D eigenvalue weighted by Gasteiger charge is -2.08. The Kier molecular flexibility index (Phi) is 5.17. The van der Waals surface area contributed by atoms with Gasteiger partial charge in [0.15, 0.2) is 0 Å². The van der Waals surface area contributed by atoms with Gasteiger partial charge in [-0.15, -0.1) is 0 Å². The van der Waals surface area contributed by atoms with Crippen molar-refractivity contribution in [1.29, 1.82) is 0 Å². The molecule has 0 radical (unpaired) electrons. The van der Waals surface area contributed by atoms with Gasteiger partial charge >= 0.3 is 0 Å². The van der Waals surface area contributed by atoms with Gasteiger partial charge in [0, 0.05) is 32.2 Å². The van der Waals surface area contributed by atoms with Crippen LogP contribution in [0.25, 0.3) is 0 Å². The average molecular weight is 349 g/mol. The fraction of sp³-hybridized carbons (Fsp3) is 0.0714. The van der Waals surface area contributed by atoms with Crippen LogP contribution in [0.4, 0.5) is 0 Å². The molecule has 0 aliphatic carbocycles. The number of hydrogen-bond donors (Lipinski definition) is 1. The zero-order valence-electron chi connectivity index (χ0n) is 10.1. The van der Waals surface area contributed by atoms with Crippen LogP contribution in [0.1, 0.15) is 15.9 Å². The zero-order valence-corrected chi connectivity index (χ0v) is 13.1.